The van der Waals surface area contributed by atoms with Gasteiger partial charge in [0.15, 0.2) is 11.5 Å². The van der Waals surface area contributed by atoms with Crippen LogP contribution in [0.15, 0.2) is 36.4 Å². The molecule has 0 aromatic heterocycles. The zero-order valence-corrected chi connectivity index (χ0v) is 17.6. The van der Waals surface area contributed by atoms with Gasteiger partial charge in [-0.1, -0.05) is 25.4 Å². The maximum atomic E-state index is 12.3. The Morgan fingerprint density at radius 1 is 1.00 bits per heavy atom. The van der Waals surface area contributed by atoms with Crippen LogP contribution < -0.4 is 24.8 Å². The predicted molar refractivity (Wildman–Crippen MR) is 112 cm³/mol. The van der Waals surface area contributed by atoms with Crippen LogP contribution in [0, 0.1) is 5.92 Å². The van der Waals surface area contributed by atoms with Crippen molar-refractivity contribution in [2.75, 3.05) is 32.7 Å². The summed E-state index contributed by atoms with van der Waals surface area (Å²) in [5, 5.41) is 5.65. The third-order valence-corrected chi connectivity index (χ3v) is 4.14. The number of amides is 2. The van der Waals surface area contributed by atoms with Gasteiger partial charge in [-0.25, -0.2) is 0 Å². The van der Waals surface area contributed by atoms with Crippen LogP contribution in [-0.2, 0) is 4.79 Å². The summed E-state index contributed by atoms with van der Waals surface area (Å²) in [6.45, 7) is 4.43. The van der Waals surface area contributed by atoms with Crippen molar-refractivity contribution < 1.29 is 23.8 Å². The van der Waals surface area contributed by atoms with Gasteiger partial charge in [-0.2, -0.15) is 0 Å². The van der Waals surface area contributed by atoms with Crippen molar-refractivity contribution in [2.45, 2.75) is 13.8 Å². The molecule has 0 unspecified atom stereocenters. The van der Waals surface area contributed by atoms with Crippen LogP contribution in [0.1, 0.15) is 24.2 Å². The molecule has 0 aliphatic carbocycles. The van der Waals surface area contributed by atoms with Crippen LogP contribution in [-0.4, -0.2) is 39.2 Å². The number of carbonyl (C=O) groups excluding carboxylic acids is 2. The first-order chi connectivity index (χ1) is 13.8. The number of hydrogen-bond donors (Lipinski definition) is 2. The summed E-state index contributed by atoms with van der Waals surface area (Å²) in [6, 6.07) is 9.74. The lowest BCUT2D eigenvalue weighted by atomic mass is 10.2. The maximum absolute atomic E-state index is 12.3. The first-order valence-electron chi connectivity index (χ1n) is 9.06. The quantitative estimate of drug-likeness (QED) is 0.645. The summed E-state index contributed by atoms with van der Waals surface area (Å²) in [7, 11) is 2.99. The Bertz CT molecular complexity index is 870. The summed E-state index contributed by atoms with van der Waals surface area (Å²) < 4.78 is 15.9. The first kappa shape index (κ1) is 22.4. The number of anilines is 1. The fraction of sp³-hybridized carbons (Fsp3) is 0.333. The molecule has 0 fully saturated rings. The van der Waals surface area contributed by atoms with E-state index in [1.165, 1.54) is 14.2 Å². The molecule has 2 amide bonds. The smallest absolute Gasteiger partial charge is 0.251 e. The molecule has 7 nitrogen and oxygen atoms in total. The highest BCUT2D eigenvalue weighted by molar-refractivity contribution is 6.32. The molecule has 0 bridgehead atoms. The van der Waals surface area contributed by atoms with E-state index in [1.54, 1.807) is 36.4 Å². The van der Waals surface area contributed by atoms with E-state index in [-0.39, 0.29) is 12.5 Å². The van der Waals surface area contributed by atoms with E-state index in [4.69, 9.17) is 25.8 Å². The molecule has 2 aromatic rings. The molecule has 0 aliphatic heterocycles. The zero-order valence-electron chi connectivity index (χ0n) is 16.9. The van der Waals surface area contributed by atoms with Crippen molar-refractivity contribution in [1.29, 1.82) is 0 Å². The molecular formula is C21H25ClN2O5. The van der Waals surface area contributed by atoms with E-state index in [1.807, 2.05) is 13.8 Å². The third kappa shape index (κ3) is 6.57. The monoisotopic (exact) mass is 420 g/mol. The van der Waals surface area contributed by atoms with E-state index in [0.717, 1.165) is 0 Å². The molecule has 8 heteroatoms. The number of rotatable bonds is 9. The number of methoxy groups -OCH3 is 2. The first-order valence-corrected chi connectivity index (χ1v) is 9.44. The average molecular weight is 421 g/mol. The standard InChI is InChI=1S/C21H25ClN2O5/c1-13(2)12-29-17-8-6-15(10-16(17)22)24-20(25)11-23-21(26)14-5-7-18(27-3)19(9-14)28-4/h5-10,13H,11-12H2,1-4H3,(H,23,26)(H,24,25). The minimum absolute atomic E-state index is 0.198. The number of nitrogens with one attached hydrogen (secondary N) is 2. The van der Waals surface area contributed by atoms with Crippen LogP contribution in [0.5, 0.6) is 17.2 Å². The summed E-state index contributed by atoms with van der Waals surface area (Å²) in [5.41, 5.74) is 0.863. The van der Waals surface area contributed by atoms with Crippen LogP contribution in [0.2, 0.25) is 5.02 Å². The molecule has 156 valence electrons. The summed E-state index contributed by atoms with van der Waals surface area (Å²) >= 11 is 6.19. The second kappa shape index (κ2) is 10.6. The Morgan fingerprint density at radius 2 is 1.69 bits per heavy atom. The lowest BCUT2D eigenvalue weighted by Gasteiger charge is -2.12. The number of halogens is 1. The van der Waals surface area contributed by atoms with Gasteiger partial charge >= 0.3 is 0 Å². The normalized spacial score (nSPS) is 10.4. The van der Waals surface area contributed by atoms with Gasteiger partial charge in [-0.15, -0.1) is 0 Å². The van der Waals surface area contributed by atoms with Crippen molar-refractivity contribution in [3.8, 4) is 17.2 Å². The van der Waals surface area contributed by atoms with E-state index in [0.29, 0.717) is 46.0 Å². The third-order valence-electron chi connectivity index (χ3n) is 3.84. The summed E-state index contributed by atoms with van der Waals surface area (Å²) in [4.78, 5) is 24.4. The Labute approximate surface area is 175 Å². The fourth-order valence-electron chi connectivity index (χ4n) is 2.40. The molecule has 2 aromatic carbocycles. The van der Waals surface area contributed by atoms with Crippen molar-refractivity contribution in [1.82, 2.24) is 5.32 Å². The van der Waals surface area contributed by atoms with Gasteiger partial charge in [0.25, 0.3) is 5.91 Å². The Balaban J connectivity index is 1.91. The number of hydrogen-bond acceptors (Lipinski definition) is 5. The Hall–Kier alpha value is -2.93. The van der Waals surface area contributed by atoms with Crippen LogP contribution in [0.25, 0.3) is 0 Å². The van der Waals surface area contributed by atoms with Gasteiger partial charge in [0, 0.05) is 11.3 Å². The molecule has 0 saturated heterocycles. The second-order valence-electron chi connectivity index (χ2n) is 6.65. The predicted octanol–water partition coefficient (Wildman–Crippen LogP) is 3.76. The minimum atomic E-state index is -0.406. The second-order valence-corrected chi connectivity index (χ2v) is 7.06. The molecule has 0 radical (unpaired) electrons. The summed E-state index contributed by atoms with van der Waals surface area (Å²) in [5.74, 6) is 1.08. The average Bonchev–Trinajstić information content (AvgIpc) is 2.70. The highest BCUT2D eigenvalue weighted by atomic mass is 35.5. The van der Waals surface area contributed by atoms with Gasteiger partial charge in [0.1, 0.15) is 5.75 Å². The highest BCUT2D eigenvalue weighted by Crippen LogP contribution is 2.28. The van der Waals surface area contributed by atoms with Gasteiger partial charge in [-0.05, 0) is 42.3 Å². The minimum Gasteiger partial charge on any atom is -0.493 e. The van der Waals surface area contributed by atoms with Crippen molar-refractivity contribution in [2.24, 2.45) is 5.92 Å². The highest BCUT2D eigenvalue weighted by Gasteiger charge is 2.13. The van der Waals surface area contributed by atoms with E-state index in [2.05, 4.69) is 10.6 Å². The Morgan fingerprint density at radius 3 is 2.31 bits per heavy atom. The van der Waals surface area contributed by atoms with Crippen molar-refractivity contribution in [3.63, 3.8) is 0 Å². The molecule has 0 aliphatic rings. The van der Waals surface area contributed by atoms with E-state index in [9.17, 15) is 9.59 Å². The molecule has 2 rings (SSSR count). The number of benzene rings is 2. The van der Waals surface area contributed by atoms with Crippen LogP contribution >= 0.6 is 11.6 Å². The van der Waals surface area contributed by atoms with Gasteiger partial charge in [0.2, 0.25) is 5.91 Å². The van der Waals surface area contributed by atoms with E-state index >= 15 is 0 Å². The molecule has 0 atom stereocenters. The Kier molecular flexibility index (Phi) is 8.15. The molecule has 2 N–H and O–H groups in total. The van der Waals surface area contributed by atoms with Gasteiger partial charge in [-0.3, -0.25) is 9.59 Å². The lowest BCUT2D eigenvalue weighted by molar-refractivity contribution is -0.115. The van der Waals surface area contributed by atoms with Crippen LogP contribution in [0.4, 0.5) is 5.69 Å². The van der Waals surface area contributed by atoms with Crippen molar-refractivity contribution >= 4 is 29.1 Å². The topological polar surface area (TPSA) is 85.9 Å². The lowest BCUT2D eigenvalue weighted by Crippen LogP contribution is -2.32. The zero-order chi connectivity index (χ0) is 21.4. The number of ether oxygens (including phenoxy) is 3. The van der Waals surface area contributed by atoms with Crippen molar-refractivity contribution in [3.05, 3.63) is 47.0 Å². The van der Waals surface area contributed by atoms with E-state index < -0.39 is 5.91 Å². The molecule has 0 saturated carbocycles. The molecule has 29 heavy (non-hydrogen) atoms. The fourth-order valence-corrected chi connectivity index (χ4v) is 2.63. The molecular weight excluding hydrogens is 396 g/mol. The van der Waals surface area contributed by atoms with Gasteiger partial charge < -0.3 is 24.8 Å². The summed E-state index contributed by atoms with van der Waals surface area (Å²) in [6.07, 6.45) is 0. The molecule has 0 heterocycles. The van der Waals surface area contributed by atoms with Gasteiger partial charge in [0.05, 0.1) is 32.4 Å². The number of carbonyl (C=O) groups is 2. The molecule has 0 spiro atoms. The maximum Gasteiger partial charge on any atom is 0.251 e. The largest absolute Gasteiger partial charge is 0.493 e. The van der Waals surface area contributed by atoms with Crippen LogP contribution in [0.3, 0.4) is 0 Å². The SMILES string of the molecule is COc1ccc(C(=O)NCC(=O)Nc2ccc(OCC(C)C)c(Cl)c2)cc1OC.